The number of methoxy groups -OCH3 is 2. The number of ether oxygens (including phenoxy) is 2. The second-order valence-corrected chi connectivity index (χ2v) is 12.9. The third kappa shape index (κ3) is 9.11. The van der Waals surface area contributed by atoms with E-state index in [4.69, 9.17) is 4.74 Å². The van der Waals surface area contributed by atoms with Crippen LogP contribution < -0.4 is 15.0 Å². The first-order valence-corrected chi connectivity index (χ1v) is 15.8. The number of amides is 2. The molecule has 2 heterocycles. The molecule has 3 aromatic carbocycles. The smallest absolute Gasteiger partial charge is 0.306 e. The highest BCUT2D eigenvalue weighted by atomic mass is 19.3. The van der Waals surface area contributed by atoms with Crippen molar-refractivity contribution < 1.29 is 37.0 Å². The number of hydrogen-bond acceptors (Lipinski definition) is 8. The Morgan fingerprint density at radius 1 is 1.00 bits per heavy atom. The summed E-state index contributed by atoms with van der Waals surface area (Å²) in [5, 5.41) is 16.1. The fourth-order valence-electron chi connectivity index (χ4n) is 5.72. The second-order valence-electron chi connectivity index (χ2n) is 12.9. The standard InChI is InChI=1S/C28H20F3N5O3.C9H19NO2/c1-39-24-11-2-17(14-18(24)15-32)26(37)34-23-16-33-36-13-12-35(27(38)25(23)36)22-9-5-20(6-10-22)28(30,31)19-3-7-21(29)8-4-19;1-9(2,7-10(3)4)6-8(11)12-5/h2-11,14,16H,12-13H2,1H3,(H,34,37);6-7H2,1-5H3. The van der Waals surface area contributed by atoms with Crippen LogP contribution in [0.15, 0.2) is 72.9 Å². The number of esters is 1. The molecular formula is C37H39F3N6O5. The monoisotopic (exact) mass is 704 g/mol. The van der Waals surface area contributed by atoms with Crippen LogP contribution in [-0.4, -0.2) is 73.9 Å². The van der Waals surface area contributed by atoms with Crippen molar-refractivity contribution in [3.8, 4) is 11.8 Å². The van der Waals surface area contributed by atoms with Gasteiger partial charge in [-0.05, 0) is 74.1 Å². The number of carbonyl (C=O) groups is 3. The van der Waals surface area contributed by atoms with E-state index in [1.54, 1.807) is 0 Å². The molecule has 268 valence electrons. The highest BCUT2D eigenvalue weighted by molar-refractivity contribution is 6.13. The molecule has 11 nitrogen and oxygen atoms in total. The maximum atomic E-state index is 15.0. The maximum absolute atomic E-state index is 15.0. The Bertz CT molecular complexity index is 1920. The first-order chi connectivity index (χ1) is 24.1. The van der Waals surface area contributed by atoms with Gasteiger partial charge < -0.3 is 24.6 Å². The van der Waals surface area contributed by atoms with Crippen LogP contribution in [0.25, 0.3) is 0 Å². The number of anilines is 2. The van der Waals surface area contributed by atoms with E-state index in [-0.39, 0.29) is 51.6 Å². The number of nitriles is 1. The molecule has 1 N–H and O–H groups in total. The average Bonchev–Trinajstić information content (AvgIpc) is 3.51. The third-order valence-electron chi connectivity index (χ3n) is 8.00. The summed E-state index contributed by atoms with van der Waals surface area (Å²) in [5.41, 5.74) is 0.384. The molecule has 0 atom stereocenters. The summed E-state index contributed by atoms with van der Waals surface area (Å²) in [4.78, 5) is 40.7. The minimum absolute atomic E-state index is 0.00338. The number of aromatic nitrogens is 2. The lowest BCUT2D eigenvalue weighted by atomic mass is 9.89. The fourth-order valence-corrected chi connectivity index (χ4v) is 5.72. The number of nitrogens with one attached hydrogen (secondary N) is 1. The van der Waals surface area contributed by atoms with Gasteiger partial charge in [0.05, 0.1) is 44.6 Å². The van der Waals surface area contributed by atoms with Gasteiger partial charge in [-0.15, -0.1) is 0 Å². The van der Waals surface area contributed by atoms with Crippen LogP contribution >= 0.6 is 0 Å². The molecule has 1 aliphatic heterocycles. The molecule has 5 rings (SSSR count). The highest BCUT2D eigenvalue weighted by Gasteiger charge is 2.35. The molecular weight excluding hydrogens is 665 g/mol. The molecule has 0 saturated heterocycles. The van der Waals surface area contributed by atoms with Gasteiger partial charge >= 0.3 is 5.97 Å². The molecule has 0 unspecified atom stereocenters. The Labute approximate surface area is 294 Å². The minimum atomic E-state index is -3.36. The molecule has 0 spiro atoms. The maximum Gasteiger partial charge on any atom is 0.306 e. The lowest BCUT2D eigenvalue weighted by molar-refractivity contribution is -0.143. The summed E-state index contributed by atoms with van der Waals surface area (Å²) in [5.74, 6) is -4.81. The summed E-state index contributed by atoms with van der Waals surface area (Å²) < 4.78 is 54.2. The number of hydrogen-bond donors (Lipinski definition) is 1. The SMILES string of the molecule is COC(=O)CC(C)(C)CN(C)C.COc1ccc(C(=O)Nc2cnn3c2C(=O)N(c2ccc(C(F)(F)c4ccc(F)cc4)cc2)CC3)cc1C#N. The van der Waals surface area contributed by atoms with Crippen molar-refractivity contribution >= 4 is 29.2 Å². The second kappa shape index (κ2) is 15.9. The van der Waals surface area contributed by atoms with Gasteiger partial charge in [0.2, 0.25) is 0 Å². The number of carbonyl (C=O) groups excluding carboxylic acids is 3. The van der Waals surface area contributed by atoms with Gasteiger partial charge in [0.25, 0.3) is 17.7 Å². The predicted molar refractivity (Wildman–Crippen MR) is 184 cm³/mol. The lowest BCUT2D eigenvalue weighted by Gasteiger charge is -2.28. The number of rotatable bonds is 10. The number of fused-ring (bicyclic) bond motifs is 1. The van der Waals surface area contributed by atoms with E-state index >= 15 is 0 Å². The zero-order chi connectivity index (χ0) is 37.5. The summed E-state index contributed by atoms with van der Waals surface area (Å²) in [6, 6.07) is 15.6. The topological polar surface area (TPSA) is 130 Å². The van der Waals surface area contributed by atoms with E-state index in [1.807, 2.05) is 20.2 Å². The number of nitrogens with zero attached hydrogens (tertiary/aromatic N) is 5. The highest BCUT2D eigenvalue weighted by Crippen LogP contribution is 2.37. The summed E-state index contributed by atoms with van der Waals surface area (Å²) >= 11 is 0. The van der Waals surface area contributed by atoms with E-state index in [1.165, 1.54) is 72.5 Å². The first kappa shape index (κ1) is 38.1. The minimum Gasteiger partial charge on any atom is -0.495 e. The zero-order valence-electron chi connectivity index (χ0n) is 29.2. The molecule has 0 radical (unpaired) electrons. The Morgan fingerprint density at radius 2 is 1.63 bits per heavy atom. The summed E-state index contributed by atoms with van der Waals surface area (Å²) in [7, 11) is 6.84. The van der Waals surface area contributed by atoms with E-state index in [0.29, 0.717) is 24.4 Å². The van der Waals surface area contributed by atoms with Crippen LogP contribution in [-0.2, 0) is 22.0 Å². The molecule has 14 heteroatoms. The van der Waals surface area contributed by atoms with Crippen LogP contribution in [0.2, 0.25) is 0 Å². The van der Waals surface area contributed by atoms with Gasteiger partial charge in [0, 0.05) is 35.5 Å². The Balaban J connectivity index is 0.000000417. The normalized spacial score (nSPS) is 12.7. The van der Waals surface area contributed by atoms with Gasteiger partial charge in [-0.1, -0.05) is 26.0 Å². The fraction of sp³-hybridized carbons (Fsp3) is 0.324. The van der Waals surface area contributed by atoms with Crippen molar-refractivity contribution in [1.82, 2.24) is 14.7 Å². The van der Waals surface area contributed by atoms with Gasteiger partial charge in [-0.3, -0.25) is 19.1 Å². The predicted octanol–water partition coefficient (Wildman–Crippen LogP) is 6.09. The van der Waals surface area contributed by atoms with Gasteiger partial charge in [0.1, 0.15) is 23.3 Å². The Morgan fingerprint density at radius 3 is 2.20 bits per heavy atom. The quantitative estimate of drug-likeness (QED) is 0.196. The van der Waals surface area contributed by atoms with E-state index < -0.39 is 23.6 Å². The lowest BCUT2D eigenvalue weighted by Crippen LogP contribution is -2.41. The molecule has 0 saturated carbocycles. The van der Waals surface area contributed by atoms with Gasteiger partial charge in [0.15, 0.2) is 0 Å². The van der Waals surface area contributed by atoms with Gasteiger partial charge in [-0.25, -0.2) is 4.39 Å². The van der Waals surface area contributed by atoms with Gasteiger partial charge in [-0.2, -0.15) is 19.1 Å². The van der Waals surface area contributed by atoms with Crippen molar-refractivity contribution in [1.29, 1.82) is 5.26 Å². The molecule has 1 aromatic heterocycles. The van der Waals surface area contributed by atoms with Crippen LogP contribution in [0.4, 0.5) is 24.5 Å². The molecule has 4 aromatic rings. The van der Waals surface area contributed by atoms with E-state index in [0.717, 1.165) is 30.8 Å². The summed E-state index contributed by atoms with van der Waals surface area (Å²) in [6.45, 7) is 5.56. The summed E-state index contributed by atoms with van der Waals surface area (Å²) in [6.07, 6.45) is 1.83. The van der Waals surface area contributed by atoms with Crippen molar-refractivity contribution in [2.75, 3.05) is 51.6 Å². The van der Waals surface area contributed by atoms with E-state index in [2.05, 4.69) is 33.9 Å². The number of alkyl halides is 2. The van der Waals surface area contributed by atoms with Crippen molar-refractivity contribution in [3.05, 3.63) is 107 Å². The molecule has 1 aliphatic rings. The molecule has 0 aliphatic carbocycles. The van der Waals surface area contributed by atoms with Crippen molar-refractivity contribution in [2.45, 2.75) is 32.7 Å². The van der Waals surface area contributed by atoms with Crippen LogP contribution in [0.5, 0.6) is 5.75 Å². The molecule has 0 bridgehead atoms. The Hall–Kier alpha value is -5.68. The van der Waals surface area contributed by atoms with Crippen LogP contribution in [0, 0.1) is 22.6 Å². The average molecular weight is 705 g/mol. The van der Waals surface area contributed by atoms with Crippen molar-refractivity contribution in [3.63, 3.8) is 0 Å². The first-order valence-electron chi connectivity index (χ1n) is 15.8. The number of benzene rings is 3. The third-order valence-corrected chi connectivity index (χ3v) is 8.00. The molecule has 0 fully saturated rings. The van der Waals surface area contributed by atoms with Crippen LogP contribution in [0.3, 0.4) is 0 Å². The molecule has 51 heavy (non-hydrogen) atoms. The van der Waals surface area contributed by atoms with Crippen molar-refractivity contribution in [2.24, 2.45) is 5.41 Å². The van der Waals surface area contributed by atoms with E-state index in [9.17, 15) is 32.8 Å². The molecule has 2 amide bonds. The van der Waals surface area contributed by atoms with Crippen LogP contribution in [0.1, 0.15) is 57.8 Å². The Kier molecular flexibility index (Phi) is 11.9. The largest absolute Gasteiger partial charge is 0.495 e. The number of halogens is 3. The zero-order valence-corrected chi connectivity index (χ0v) is 29.2.